The Hall–Kier alpha value is -2.70. The molecule has 11 nitrogen and oxygen atoms in total. The predicted octanol–water partition coefficient (Wildman–Crippen LogP) is -0.165. The molecule has 2 aromatic heterocycles. The Morgan fingerprint density at radius 1 is 1.09 bits per heavy atom. The lowest BCUT2D eigenvalue weighted by atomic mass is 9.78. The number of unbranched alkanes of at least 4 members (excludes halogenated alkanes) is 2. The van der Waals surface area contributed by atoms with E-state index in [1.54, 1.807) is 12.4 Å². The molecule has 1 atom stereocenters. The molecule has 0 aliphatic carbocycles. The van der Waals surface area contributed by atoms with E-state index >= 15 is 0 Å². The molecule has 12 heteroatoms. The molecule has 1 unspecified atom stereocenters. The highest BCUT2D eigenvalue weighted by Gasteiger charge is 2.36. The number of hydrogen-bond acceptors (Lipinski definition) is 7. The number of nitrogens with one attached hydrogen (secondary N) is 1. The molecular weight excluding hydrogens is 437 g/mol. The first kappa shape index (κ1) is 25.9. The van der Waals surface area contributed by atoms with Crippen LogP contribution in [-0.4, -0.2) is 83.5 Å². The van der Waals surface area contributed by atoms with Gasteiger partial charge in [0, 0.05) is 51.8 Å². The maximum Gasteiger partial charge on any atom is 0.475 e. The van der Waals surface area contributed by atoms with Gasteiger partial charge in [0.1, 0.15) is 11.6 Å². The van der Waals surface area contributed by atoms with Crippen molar-refractivity contribution in [2.24, 2.45) is 14.1 Å². The van der Waals surface area contributed by atoms with Gasteiger partial charge in [-0.05, 0) is 32.2 Å². The molecule has 1 saturated heterocycles. The Morgan fingerprint density at radius 2 is 1.74 bits per heavy atom. The van der Waals surface area contributed by atoms with Gasteiger partial charge < -0.3 is 29.4 Å². The van der Waals surface area contributed by atoms with E-state index in [0.29, 0.717) is 19.4 Å². The van der Waals surface area contributed by atoms with Gasteiger partial charge in [-0.1, -0.05) is 6.42 Å². The van der Waals surface area contributed by atoms with Crippen molar-refractivity contribution in [1.29, 1.82) is 0 Å². The van der Waals surface area contributed by atoms with E-state index in [1.165, 1.54) is 4.90 Å². The summed E-state index contributed by atoms with van der Waals surface area (Å²) in [7, 11) is 2.43. The van der Waals surface area contributed by atoms with Gasteiger partial charge in [-0.3, -0.25) is 14.5 Å². The van der Waals surface area contributed by atoms with Crippen molar-refractivity contribution in [1.82, 2.24) is 34.2 Å². The van der Waals surface area contributed by atoms with Crippen LogP contribution in [-0.2, 0) is 36.8 Å². The predicted molar refractivity (Wildman–Crippen MR) is 127 cm³/mol. The molecule has 1 aliphatic heterocycles. The Balaban J connectivity index is 1.36. The van der Waals surface area contributed by atoms with E-state index in [4.69, 9.17) is 0 Å². The summed E-state index contributed by atoms with van der Waals surface area (Å²) in [6.45, 7) is 2.69. The molecule has 0 spiro atoms. The number of imidazole rings is 2. The van der Waals surface area contributed by atoms with Crippen molar-refractivity contribution < 1.29 is 19.6 Å². The zero-order valence-electron chi connectivity index (χ0n) is 20.1. The highest BCUT2D eigenvalue weighted by atomic mass is 16.4. The van der Waals surface area contributed by atoms with Crippen LogP contribution in [0.3, 0.4) is 0 Å². The fourth-order valence-corrected chi connectivity index (χ4v) is 4.29. The summed E-state index contributed by atoms with van der Waals surface area (Å²) in [5, 5.41) is 21.4. The number of aryl methyl sites for hydroxylation is 2. The zero-order valence-corrected chi connectivity index (χ0v) is 20.1. The SMILES string of the molecule is Cn1ccnc1CN(CCCCCC(=O)NCC(=O)N1CCCC1B(O)O)Cc1nccn1C. The third-order valence-electron chi connectivity index (χ3n) is 6.35. The van der Waals surface area contributed by atoms with Crippen LogP contribution in [0.15, 0.2) is 24.8 Å². The van der Waals surface area contributed by atoms with Crippen LogP contribution in [0.4, 0.5) is 0 Å². The second-order valence-electron chi connectivity index (χ2n) is 8.92. The van der Waals surface area contributed by atoms with E-state index in [2.05, 4.69) is 20.2 Å². The number of carbonyl (C=O) groups is 2. The first-order valence-corrected chi connectivity index (χ1v) is 11.9. The lowest BCUT2D eigenvalue weighted by Gasteiger charge is -2.24. The van der Waals surface area contributed by atoms with Gasteiger partial charge in [-0.25, -0.2) is 9.97 Å². The molecular formula is C22H36BN7O4. The van der Waals surface area contributed by atoms with E-state index in [1.807, 2.05) is 35.6 Å². The average molecular weight is 473 g/mol. The fraction of sp³-hybridized carbons (Fsp3) is 0.636. The first-order chi connectivity index (χ1) is 16.3. The summed E-state index contributed by atoms with van der Waals surface area (Å²) >= 11 is 0. The number of carbonyl (C=O) groups excluding carboxylic acids is 2. The minimum absolute atomic E-state index is 0.108. The van der Waals surface area contributed by atoms with Crippen molar-refractivity contribution in [2.75, 3.05) is 19.6 Å². The van der Waals surface area contributed by atoms with E-state index in [9.17, 15) is 19.6 Å². The van der Waals surface area contributed by atoms with Gasteiger partial charge in [0.05, 0.1) is 25.6 Å². The van der Waals surface area contributed by atoms with Gasteiger partial charge in [-0.2, -0.15) is 0 Å². The minimum atomic E-state index is -1.54. The average Bonchev–Trinajstić information content (AvgIpc) is 3.54. The van der Waals surface area contributed by atoms with Gasteiger partial charge in [0.15, 0.2) is 0 Å². The second kappa shape index (κ2) is 12.7. The topological polar surface area (TPSA) is 129 Å². The summed E-state index contributed by atoms with van der Waals surface area (Å²) in [5.41, 5.74) is 0. The van der Waals surface area contributed by atoms with Crippen LogP contribution in [0.5, 0.6) is 0 Å². The minimum Gasteiger partial charge on any atom is -0.426 e. The molecule has 1 aliphatic rings. The van der Waals surface area contributed by atoms with Crippen LogP contribution in [0, 0.1) is 0 Å². The number of amides is 2. The molecule has 3 heterocycles. The monoisotopic (exact) mass is 473 g/mol. The molecule has 1 fully saturated rings. The summed E-state index contributed by atoms with van der Waals surface area (Å²) in [5.74, 6) is 0.970. The summed E-state index contributed by atoms with van der Waals surface area (Å²) in [6.07, 6.45) is 11.7. The van der Waals surface area contributed by atoms with Crippen LogP contribution < -0.4 is 5.32 Å². The second-order valence-corrected chi connectivity index (χ2v) is 8.92. The zero-order chi connectivity index (χ0) is 24.5. The molecule has 0 radical (unpaired) electrons. The summed E-state index contributed by atoms with van der Waals surface area (Å²) in [6, 6.07) is 0. The van der Waals surface area contributed by atoms with Crippen molar-refractivity contribution in [3.63, 3.8) is 0 Å². The Morgan fingerprint density at radius 3 is 2.29 bits per heavy atom. The molecule has 0 bridgehead atoms. The van der Waals surface area contributed by atoms with Crippen LogP contribution in [0.1, 0.15) is 50.2 Å². The van der Waals surface area contributed by atoms with Gasteiger partial charge >= 0.3 is 7.12 Å². The van der Waals surface area contributed by atoms with Crippen LogP contribution >= 0.6 is 0 Å². The van der Waals surface area contributed by atoms with E-state index in [0.717, 1.165) is 57.0 Å². The quantitative estimate of drug-likeness (QED) is 0.272. The van der Waals surface area contributed by atoms with Crippen molar-refractivity contribution in [3.05, 3.63) is 36.4 Å². The lowest BCUT2D eigenvalue weighted by Crippen LogP contribution is -2.48. The molecule has 3 rings (SSSR count). The van der Waals surface area contributed by atoms with Crippen molar-refractivity contribution in [3.8, 4) is 0 Å². The molecule has 186 valence electrons. The highest BCUT2D eigenvalue weighted by Crippen LogP contribution is 2.17. The molecule has 2 aromatic rings. The Bertz CT molecular complexity index is 890. The summed E-state index contributed by atoms with van der Waals surface area (Å²) in [4.78, 5) is 37.1. The Kier molecular flexibility index (Phi) is 9.67. The number of rotatable bonds is 13. The smallest absolute Gasteiger partial charge is 0.426 e. The number of aromatic nitrogens is 4. The molecule has 3 N–H and O–H groups in total. The largest absolute Gasteiger partial charge is 0.475 e. The maximum atomic E-state index is 12.3. The summed E-state index contributed by atoms with van der Waals surface area (Å²) < 4.78 is 4.03. The lowest BCUT2D eigenvalue weighted by molar-refractivity contribution is -0.132. The van der Waals surface area contributed by atoms with Crippen molar-refractivity contribution in [2.45, 2.75) is 57.6 Å². The number of hydrogen-bond donors (Lipinski definition) is 3. The fourth-order valence-electron chi connectivity index (χ4n) is 4.29. The third-order valence-corrected chi connectivity index (χ3v) is 6.35. The van der Waals surface area contributed by atoms with E-state index in [-0.39, 0.29) is 18.4 Å². The molecule has 0 saturated carbocycles. The molecule has 2 amide bonds. The van der Waals surface area contributed by atoms with Crippen LogP contribution in [0.2, 0.25) is 0 Å². The third kappa shape index (κ3) is 7.41. The van der Waals surface area contributed by atoms with Gasteiger partial charge in [0.2, 0.25) is 11.8 Å². The first-order valence-electron chi connectivity index (χ1n) is 11.9. The van der Waals surface area contributed by atoms with Gasteiger partial charge in [-0.15, -0.1) is 0 Å². The number of nitrogens with zero attached hydrogens (tertiary/aromatic N) is 6. The molecule has 0 aromatic carbocycles. The van der Waals surface area contributed by atoms with Crippen molar-refractivity contribution >= 4 is 18.9 Å². The normalized spacial score (nSPS) is 15.8. The van der Waals surface area contributed by atoms with Gasteiger partial charge in [0.25, 0.3) is 0 Å². The molecule has 34 heavy (non-hydrogen) atoms. The Labute approximate surface area is 200 Å². The number of likely N-dealkylation sites (tertiary alicyclic amines) is 1. The highest BCUT2D eigenvalue weighted by molar-refractivity contribution is 6.43. The van der Waals surface area contributed by atoms with E-state index < -0.39 is 13.1 Å². The van der Waals surface area contributed by atoms with Crippen LogP contribution in [0.25, 0.3) is 0 Å². The maximum absolute atomic E-state index is 12.3. The standard InChI is InChI=1S/C22H36BN7O4/c1-27-13-9-24-19(27)16-29(17-20-25-10-14-28(20)2)11-5-3-4-8-21(31)26-15-22(32)30-12-6-7-18(30)23(33)34/h9-10,13-14,18,33-34H,3-8,11-12,15-17H2,1-2H3,(H,26,31).